The molecule has 0 spiro atoms. The molecule has 0 radical (unpaired) electrons. The molecule has 0 saturated carbocycles. The maximum absolute atomic E-state index is 11.6. The summed E-state index contributed by atoms with van der Waals surface area (Å²) in [4.78, 5) is 16.9. The van der Waals surface area contributed by atoms with Crippen LogP contribution in [-0.4, -0.2) is 29.9 Å². The Hall–Kier alpha value is -2.67. The van der Waals surface area contributed by atoms with Crippen LogP contribution >= 0.6 is 11.3 Å². The highest BCUT2D eigenvalue weighted by molar-refractivity contribution is 7.07. The second kappa shape index (κ2) is 8.14. The number of hydrogen-bond donors (Lipinski definition) is 1. The van der Waals surface area contributed by atoms with Crippen molar-refractivity contribution < 1.29 is 9.53 Å². The quantitative estimate of drug-likeness (QED) is 0.624. The fourth-order valence-corrected chi connectivity index (χ4v) is 3.29. The van der Waals surface area contributed by atoms with Crippen LogP contribution in [0, 0.1) is 5.92 Å². The van der Waals surface area contributed by atoms with Crippen molar-refractivity contribution in [3.63, 3.8) is 0 Å². The highest BCUT2D eigenvalue weighted by Crippen LogP contribution is 2.32. The molecule has 136 valence electrons. The van der Waals surface area contributed by atoms with Gasteiger partial charge in [-0.15, -0.1) is 17.9 Å². The first-order chi connectivity index (χ1) is 12.6. The molecule has 0 fully saturated rings. The number of hydrogen-bond acceptors (Lipinski definition) is 5. The van der Waals surface area contributed by atoms with Gasteiger partial charge in [0.2, 0.25) is 4.80 Å². The summed E-state index contributed by atoms with van der Waals surface area (Å²) in [5, 5.41) is 9.48. The van der Waals surface area contributed by atoms with Crippen LogP contribution in [0.15, 0.2) is 46.3 Å². The van der Waals surface area contributed by atoms with Crippen LogP contribution < -0.4 is 14.9 Å². The average Bonchev–Trinajstić information content (AvgIpc) is 3.01. The van der Waals surface area contributed by atoms with Crippen molar-refractivity contribution in [2.75, 3.05) is 18.5 Å². The van der Waals surface area contributed by atoms with E-state index in [-0.39, 0.29) is 12.5 Å². The summed E-state index contributed by atoms with van der Waals surface area (Å²) in [5.74, 6) is 1.06. The van der Waals surface area contributed by atoms with E-state index in [0.29, 0.717) is 23.9 Å². The van der Waals surface area contributed by atoms with E-state index in [2.05, 4.69) is 35.8 Å². The zero-order valence-electron chi connectivity index (χ0n) is 14.9. The monoisotopic (exact) mass is 370 g/mol. The molecule has 1 aliphatic heterocycles. The highest BCUT2D eigenvalue weighted by atomic mass is 32.1. The minimum absolute atomic E-state index is 0.0505. The Balaban J connectivity index is 2.03. The number of amides is 1. The zero-order chi connectivity index (χ0) is 18.5. The molecule has 0 saturated heterocycles. The van der Waals surface area contributed by atoms with E-state index in [4.69, 9.17) is 4.74 Å². The summed E-state index contributed by atoms with van der Waals surface area (Å²) in [6.07, 6.45) is 4.56. The van der Waals surface area contributed by atoms with Crippen LogP contribution in [0.1, 0.15) is 20.3 Å². The van der Waals surface area contributed by atoms with Gasteiger partial charge in [0.25, 0.3) is 5.91 Å². The van der Waals surface area contributed by atoms with Crippen LogP contribution in [0.5, 0.6) is 5.75 Å². The maximum Gasteiger partial charge on any atom is 0.262 e. The zero-order valence-corrected chi connectivity index (χ0v) is 15.8. The summed E-state index contributed by atoms with van der Waals surface area (Å²) in [6.45, 7) is 8.61. The van der Waals surface area contributed by atoms with E-state index in [1.165, 1.54) is 11.3 Å². The molecule has 0 unspecified atom stereocenters. The van der Waals surface area contributed by atoms with Gasteiger partial charge in [0.05, 0.1) is 17.9 Å². The van der Waals surface area contributed by atoms with Gasteiger partial charge in [-0.2, -0.15) is 5.10 Å². The van der Waals surface area contributed by atoms with Gasteiger partial charge < -0.3 is 10.1 Å². The van der Waals surface area contributed by atoms with Crippen LogP contribution in [0.3, 0.4) is 0 Å². The topological polar surface area (TPSA) is 68.0 Å². The number of benzene rings is 1. The van der Waals surface area contributed by atoms with Gasteiger partial charge in [0.15, 0.2) is 6.61 Å². The molecule has 1 aliphatic rings. The van der Waals surface area contributed by atoms with Crippen LogP contribution in [0.2, 0.25) is 0 Å². The number of ether oxygens (including phenoxy) is 1. The minimum Gasteiger partial charge on any atom is -0.482 e. The van der Waals surface area contributed by atoms with Gasteiger partial charge in [0.1, 0.15) is 5.75 Å². The molecule has 1 amide bonds. The summed E-state index contributed by atoms with van der Waals surface area (Å²) >= 11 is 1.52. The normalized spacial score (nSPS) is 14.4. The van der Waals surface area contributed by atoms with Crippen LogP contribution in [0.25, 0.3) is 11.3 Å². The number of thiazole rings is 1. The Kier molecular flexibility index (Phi) is 5.68. The maximum atomic E-state index is 11.6. The lowest BCUT2D eigenvalue weighted by Crippen LogP contribution is -2.25. The third kappa shape index (κ3) is 4.11. The smallest absolute Gasteiger partial charge is 0.262 e. The number of nitrogens with zero attached hydrogens (tertiary/aromatic N) is 3. The summed E-state index contributed by atoms with van der Waals surface area (Å²) in [7, 11) is 0. The molecule has 1 aromatic heterocycles. The van der Waals surface area contributed by atoms with Gasteiger partial charge in [0, 0.05) is 17.2 Å². The van der Waals surface area contributed by atoms with Crippen molar-refractivity contribution in [1.82, 2.24) is 4.68 Å². The molecule has 6 nitrogen and oxygen atoms in total. The van der Waals surface area contributed by atoms with Crippen molar-refractivity contribution in [2.45, 2.75) is 20.3 Å². The molecule has 7 heteroatoms. The molecule has 0 aliphatic carbocycles. The van der Waals surface area contributed by atoms with E-state index in [9.17, 15) is 4.79 Å². The minimum atomic E-state index is -0.149. The number of rotatable bonds is 6. The van der Waals surface area contributed by atoms with Crippen molar-refractivity contribution in [3.05, 3.63) is 41.0 Å². The highest BCUT2D eigenvalue weighted by Gasteiger charge is 2.17. The SMILES string of the molecule is C=CCN=c1scc(-c2ccc3c(c2)NC(=O)CO3)n1N=CCC(C)C. The molecule has 1 N–H and O–H groups in total. The first-order valence-electron chi connectivity index (χ1n) is 8.50. The van der Waals surface area contributed by atoms with E-state index < -0.39 is 0 Å². The Morgan fingerprint density at radius 2 is 2.31 bits per heavy atom. The fraction of sp³-hybridized carbons (Fsp3) is 0.316. The molecule has 0 atom stereocenters. The summed E-state index contributed by atoms with van der Waals surface area (Å²) in [6, 6.07) is 5.73. The Morgan fingerprint density at radius 3 is 3.08 bits per heavy atom. The number of carbonyl (C=O) groups excluding carboxylic acids is 1. The molecular weight excluding hydrogens is 348 g/mol. The van der Waals surface area contributed by atoms with Crippen molar-refractivity contribution >= 4 is 29.1 Å². The summed E-state index contributed by atoms with van der Waals surface area (Å²) < 4.78 is 7.27. The van der Waals surface area contributed by atoms with E-state index in [1.54, 1.807) is 6.08 Å². The molecule has 1 aromatic carbocycles. The predicted molar refractivity (Wildman–Crippen MR) is 106 cm³/mol. The summed E-state index contributed by atoms with van der Waals surface area (Å²) in [5.41, 5.74) is 2.53. The second-order valence-corrected chi connectivity index (χ2v) is 7.16. The molecule has 3 rings (SSSR count). The Labute approximate surface area is 156 Å². The number of carbonyl (C=O) groups is 1. The van der Waals surface area contributed by atoms with E-state index in [0.717, 1.165) is 22.5 Å². The predicted octanol–water partition coefficient (Wildman–Crippen LogP) is 3.51. The van der Waals surface area contributed by atoms with Gasteiger partial charge in [-0.1, -0.05) is 19.9 Å². The van der Waals surface area contributed by atoms with Crippen LogP contribution in [0.4, 0.5) is 5.69 Å². The first-order valence-corrected chi connectivity index (χ1v) is 9.38. The fourth-order valence-electron chi connectivity index (χ4n) is 2.44. The van der Waals surface area contributed by atoms with Gasteiger partial charge in [-0.25, -0.2) is 4.68 Å². The number of nitrogens with one attached hydrogen (secondary N) is 1. The Morgan fingerprint density at radius 1 is 1.46 bits per heavy atom. The van der Waals surface area contributed by atoms with Gasteiger partial charge in [-0.05, 0) is 30.5 Å². The standard InChI is InChI=1S/C19H22N4O2S/c1-4-8-20-19-23(21-9-7-13(2)3)16(12-26-19)14-5-6-17-15(10-14)22-18(24)11-25-17/h4-6,9-10,12-13H,1,7-8,11H2,2-3H3,(H,22,24). The molecule has 26 heavy (non-hydrogen) atoms. The largest absolute Gasteiger partial charge is 0.482 e. The molecular formula is C19H22N4O2S. The van der Waals surface area contributed by atoms with Crippen molar-refractivity contribution in [2.24, 2.45) is 16.0 Å². The van der Waals surface area contributed by atoms with E-state index >= 15 is 0 Å². The second-order valence-electron chi connectivity index (χ2n) is 6.32. The van der Waals surface area contributed by atoms with E-state index in [1.807, 2.05) is 34.5 Å². The van der Waals surface area contributed by atoms with Gasteiger partial charge in [-0.3, -0.25) is 9.79 Å². The molecule has 2 aromatic rings. The lowest BCUT2D eigenvalue weighted by molar-refractivity contribution is -0.118. The third-order valence-corrected chi connectivity index (χ3v) is 4.58. The lowest BCUT2D eigenvalue weighted by Gasteiger charge is -2.18. The van der Waals surface area contributed by atoms with Crippen LogP contribution in [-0.2, 0) is 4.79 Å². The van der Waals surface area contributed by atoms with Crippen molar-refractivity contribution in [3.8, 4) is 17.0 Å². The first kappa shape index (κ1) is 18.1. The molecule has 2 heterocycles. The Bertz CT molecular complexity index is 909. The lowest BCUT2D eigenvalue weighted by atomic mass is 10.1. The average molecular weight is 370 g/mol. The molecule has 0 bridgehead atoms. The number of aromatic nitrogens is 1. The number of anilines is 1. The van der Waals surface area contributed by atoms with Crippen molar-refractivity contribution in [1.29, 1.82) is 0 Å². The van der Waals surface area contributed by atoms with Gasteiger partial charge >= 0.3 is 0 Å². The third-order valence-electron chi connectivity index (χ3n) is 3.72. The number of fused-ring (bicyclic) bond motifs is 1.